The lowest BCUT2D eigenvalue weighted by atomic mass is 10.1. The van der Waals surface area contributed by atoms with Gasteiger partial charge in [-0.3, -0.25) is 14.3 Å². The van der Waals surface area contributed by atoms with E-state index in [1.165, 1.54) is 11.9 Å². The summed E-state index contributed by atoms with van der Waals surface area (Å²) in [4.78, 5) is 23.8. The van der Waals surface area contributed by atoms with Gasteiger partial charge in [0.15, 0.2) is 0 Å². The Morgan fingerprint density at radius 3 is 2.64 bits per heavy atom. The highest BCUT2D eigenvalue weighted by Crippen LogP contribution is 2.27. The van der Waals surface area contributed by atoms with Gasteiger partial charge in [-0.1, -0.05) is 12.1 Å². The normalized spacial score (nSPS) is 13.0. The van der Waals surface area contributed by atoms with E-state index in [9.17, 15) is 9.59 Å². The smallest absolute Gasteiger partial charge is 0.296 e. The minimum Gasteiger partial charge on any atom is -0.497 e. The molecule has 3 rings (SSSR count). The fraction of sp³-hybridized carbons (Fsp3) is 0.125. The Balaban J connectivity index is 1.60. The lowest BCUT2D eigenvalue weighted by Gasteiger charge is -2.06. The molecular formula is C16H14N2O3S. The number of ether oxygens (including phenoxy) is 1. The maximum atomic E-state index is 11.7. The van der Waals surface area contributed by atoms with Crippen molar-refractivity contribution in [3.05, 3.63) is 53.6 Å². The number of ketones is 1. The lowest BCUT2D eigenvalue weighted by molar-refractivity contribution is -0.112. The maximum absolute atomic E-state index is 11.7. The third-order valence-corrected chi connectivity index (χ3v) is 4.09. The first-order chi connectivity index (χ1) is 10.7. The average Bonchev–Trinajstić information content (AvgIpc) is 2.83. The summed E-state index contributed by atoms with van der Waals surface area (Å²) in [6.07, 6.45) is 0. The fourth-order valence-corrected chi connectivity index (χ4v) is 2.85. The van der Waals surface area contributed by atoms with E-state index >= 15 is 0 Å². The Morgan fingerprint density at radius 2 is 1.91 bits per heavy atom. The number of methoxy groups -OCH3 is 1. The standard InChI is InChI=1S/C16H14N2O3S/c1-21-11-4-2-10(3-5-11)9-17-22-12-6-7-14-13(8-12)15(19)16(20)18-14/h2-8,17H,9H2,1H3,(H,18,19,20). The number of hydrogen-bond acceptors (Lipinski definition) is 5. The van der Waals surface area contributed by atoms with Gasteiger partial charge in [-0.25, -0.2) is 0 Å². The Bertz CT molecular complexity index is 729. The first-order valence-corrected chi connectivity index (χ1v) is 7.51. The van der Waals surface area contributed by atoms with Crippen molar-refractivity contribution in [1.29, 1.82) is 0 Å². The van der Waals surface area contributed by atoms with Crippen LogP contribution in [0.25, 0.3) is 0 Å². The van der Waals surface area contributed by atoms with Crippen molar-refractivity contribution in [2.45, 2.75) is 11.4 Å². The Kier molecular flexibility index (Phi) is 4.13. The first-order valence-electron chi connectivity index (χ1n) is 6.70. The van der Waals surface area contributed by atoms with E-state index in [1.54, 1.807) is 19.2 Å². The predicted molar refractivity (Wildman–Crippen MR) is 85.1 cm³/mol. The molecule has 0 aliphatic carbocycles. The van der Waals surface area contributed by atoms with E-state index in [2.05, 4.69) is 10.0 Å². The molecule has 0 bridgehead atoms. The van der Waals surface area contributed by atoms with Crippen molar-refractivity contribution in [2.75, 3.05) is 12.4 Å². The number of benzene rings is 2. The molecule has 0 fully saturated rings. The topological polar surface area (TPSA) is 67.4 Å². The summed E-state index contributed by atoms with van der Waals surface area (Å²) in [7, 11) is 1.64. The van der Waals surface area contributed by atoms with Crippen LogP contribution in [-0.2, 0) is 11.3 Å². The zero-order chi connectivity index (χ0) is 15.5. The second-order valence-corrected chi connectivity index (χ2v) is 5.73. The molecular weight excluding hydrogens is 300 g/mol. The number of hydrogen-bond donors (Lipinski definition) is 2. The maximum Gasteiger partial charge on any atom is 0.296 e. The van der Waals surface area contributed by atoms with Crippen LogP contribution >= 0.6 is 11.9 Å². The molecule has 1 aliphatic rings. The van der Waals surface area contributed by atoms with Gasteiger partial charge >= 0.3 is 0 Å². The van der Waals surface area contributed by atoms with Gasteiger partial charge in [0.1, 0.15) is 5.75 Å². The van der Waals surface area contributed by atoms with Crippen LogP contribution in [0.5, 0.6) is 5.75 Å². The van der Waals surface area contributed by atoms with Crippen LogP contribution in [0, 0.1) is 0 Å². The van der Waals surface area contributed by atoms with Crippen LogP contribution < -0.4 is 14.8 Å². The highest BCUT2D eigenvalue weighted by atomic mass is 32.2. The number of rotatable bonds is 5. The van der Waals surface area contributed by atoms with Gasteiger partial charge < -0.3 is 10.1 Å². The largest absolute Gasteiger partial charge is 0.497 e. The molecule has 1 heterocycles. The predicted octanol–water partition coefficient (Wildman–Crippen LogP) is 2.63. The van der Waals surface area contributed by atoms with Crippen molar-refractivity contribution in [3.8, 4) is 5.75 Å². The molecule has 1 amide bonds. The van der Waals surface area contributed by atoms with Crippen molar-refractivity contribution in [3.63, 3.8) is 0 Å². The van der Waals surface area contributed by atoms with E-state index < -0.39 is 11.7 Å². The second kappa shape index (κ2) is 6.21. The molecule has 0 radical (unpaired) electrons. The molecule has 0 aromatic heterocycles. The van der Waals surface area contributed by atoms with Gasteiger partial charge in [0.2, 0.25) is 0 Å². The third-order valence-electron chi connectivity index (χ3n) is 3.32. The van der Waals surface area contributed by atoms with Crippen LogP contribution in [0.1, 0.15) is 15.9 Å². The lowest BCUT2D eigenvalue weighted by Crippen LogP contribution is -2.12. The molecule has 0 saturated heterocycles. The van der Waals surface area contributed by atoms with Crippen LogP contribution in [0.4, 0.5) is 5.69 Å². The van der Waals surface area contributed by atoms with Crippen LogP contribution in [0.15, 0.2) is 47.4 Å². The number of carbonyl (C=O) groups is 2. The Morgan fingerprint density at radius 1 is 1.14 bits per heavy atom. The second-order valence-electron chi connectivity index (χ2n) is 4.76. The zero-order valence-corrected chi connectivity index (χ0v) is 12.7. The molecule has 2 N–H and O–H groups in total. The first kappa shape index (κ1) is 14.6. The number of Topliss-reactive ketones (excluding diaryl/α,β-unsaturated/α-hetero) is 1. The van der Waals surface area contributed by atoms with E-state index in [0.717, 1.165) is 16.2 Å². The molecule has 5 nitrogen and oxygen atoms in total. The third kappa shape index (κ3) is 2.98. The van der Waals surface area contributed by atoms with E-state index in [4.69, 9.17) is 4.74 Å². The quantitative estimate of drug-likeness (QED) is 0.656. The van der Waals surface area contributed by atoms with Gasteiger partial charge in [-0.2, -0.15) is 0 Å². The monoisotopic (exact) mass is 314 g/mol. The summed E-state index contributed by atoms with van der Waals surface area (Å²) in [5.74, 6) is -0.221. The fourth-order valence-electron chi connectivity index (χ4n) is 2.13. The number of anilines is 1. The van der Waals surface area contributed by atoms with Crippen molar-refractivity contribution in [2.24, 2.45) is 0 Å². The number of fused-ring (bicyclic) bond motifs is 1. The summed E-state index contributed by atoms with van der Waals surface area (Å²) in [5, 5.41) is 2.54. The molecule has 1 aliphatic heterocycles. The molecule has 0 saturated carbocycles. The summed E-state index contributed by atoms with van der Waals surface area (Å²) in [5.41, 5.74) is 2.14. The molecule has 0 unspecified atom stereocenters. The Labute approximate surface area is 132 Å². The van der Waals surface area contributed by atoms with Gasteiger partial charge in [0.05, 0.1) is 18.4 Å². The molecule has 0 spiro atoms. The minimum absolute atomic E-state index is 0.432. The van der Waals surface area contributed by atoms with E-state index in [-0.39, 0.29) is 0 Å². The molecule has 0 atom stereocenters. The van der Waals surface area contributed by atoms with Crippen LogP contribution in [0.2, 0.25) is 0 Å². The highest BCUT2D eigenvalue weighted by Gasteiger charge is 2.27. The number of nitrogens with one attached hydrogen (secondary N) is 2. The number of carbonyl (C=O) groups excluding carboxylic acids is 2. The SMILES string of the molecule is COc1ccc(CNSc2ccc3c(c2)C(=O)C(=O)N3)cc1. The Hall–Kier alpha value is -2.31. The summed E-state index contributed by atoms with van der Waals surface area (Å²) < 4.78 is 8.35. The summed E-state index contributed by atoms with van der Waals surface area (Å²) in [6.45, 7) is 0.677. The van der Waals surface area contributed by atoms with Crippen molar-refractivity contribution >= 4 is 29.3 Å². The molecule has 2 aromatic rings. The molecule has 6 heteroatoms. The molecule has 2 aromatic carbocycles. The van der Waals surface area contributed by atoms with Gasteiger partial charge in [0, 0.05) is 11.4 Å². The van der Waals surface area contributed by atoms with E-state index in [1.807, 2.05) is 30.3 Å². The van der Waals surface area contributed by atoms with Crippen molar-refractivity contribution in [1.82, 2.24) is 4.72 Å². The van der Waals surface area contributed by atoms with Crippen LogP contribution in [0.3, 0.4) is 0 Å². The minimum atomic E-state index is -0.566. The zero-order valence-electron chi connectivity index (χ0n) is 11.9. The van der Waals surface area contributed by atoms with Crippen molar-refractivity contribution < 1.29 is 14.3 Å². The van der Waals surface area contributed by atoms with Gasteiger partial charge in [-0.05, 0) is 47.8 Å². The van der Waals surface area contributed by atoms with E-state index in [0.29, 0.717) is 17.8 Å². The molecule has 112 valence electrons. The molecule has 22 heavy (non-hydrogen) atoms. The van der Waals surface area contributed by atoms with Gasteiger partial charge in [-0.15, -0.1) is 0 Å². The summed E-state index contributed by atoms with van der Waals surface area (Å²) in [6, 6.07) is 13.1. The van der Waals surface area contributed by atoms with Crippen LogP contribution in [-0.4, -0.2) is 18.8 Å². The highest BCUT2D eigenvalue weighted by molar-refractivity contribution is 7.97. The summed E-state index contributed by atoms with van der Waals surface area (Å²) >= 11 is 1.42. The number of amides is 1. The average molecular weight is 314 g/mol. The van der Waals surface area contributed by atoms with Gasteiger partial charge in [0.25, 0.3) is 11.7 Å².